The molecule has 0 aliphatic heterocycles. The van der Waals surface area contributed by atoms with Crippen LogP contribution in [0.2, 0.25) is 0 Å². The Morgan fingerprint density at radius 1 is 1.25 bits per heavy atom. The first-order chi connectivity index (χ1) is 13.0. The predicted octanol–water partition coefficient (Wildman–Crippen LogP) is 4.38. The zero-order valence-corrected chi connectivity index (χ0v) is 15.6. The summed E-state index contributed by atoms with van der Waals surface area (Å²) in [5.41, 5.74) is 1.85. The number of hydrogen-bond donors (Lipinski definition) is 1. The highest BCUT2D eigenvalue weighted by molar-refractivity contribution is 5.62. The summed E-state index contributed by atoms with van der Waals surface area (Å²) in [6.07, 6.45) is -1.99. The number of aryl methyl sites for hydroxylation is 1. The van der Waals surface area contributed by atoms with Crippen LogP contribution < -0.4 is 0 Å². The average Bonchev–Trinajstić information content (AvgIpc) is 3.19. The fourth-order valence-electron chi connectivity index (χ4n) is 3.60. The lowest BCUT2D eigenvalue weighted by atomic mass is 9.76. The molecule has 0 saturated carbocycles. The maximum atomic E-state index is 13.0. The molecule has 6 nitrogen and oxygen atoms in total. The van der Waals surface area contributed by atoms with Crippen molar-refractivity contribution in [3.8, 4) is 28.7 Å². The van der Waals surface area contributed by atoms with Gasteiger partial charge in [-0.3, -0.25) is 4.68 Å². The van der Waals surface area contributed by atoms with E-state index >= 15 is 0 Å². The van der Waals surface area contributed by atoms with Crippen molar-refractivity contribution in [2.24, 2.45) is 12.5 Å². The van der Waals surface area contributed by atoms with Crippen molar-refractivity contribution in [2.45, 2.75) is 39.3 Å². The fourth-order valence-corrected chi connectivity index (χ4v) is 3.60. The SMILES string of the molecule is Cn1nc(-c2nc(-c3ccc(O)c(C(F)(F)F)c3)no2)c2c1CC(C)(C)CC2. The minimum atomic E-state index is -4.68. The van der Waals surface area contributed by atoms with Gasteiger partial charge in [0.05, 0.1) is 5.56 Å². The number of aromatic hydroxyl groups is 1. The lowest BCUT2D eigenvalue weighted by Crippen LogP contribution is -2.23. The van der Waals surface area contributed by atoms with Crippen LogP contribution in [0.15, 0.2) is 22.7 Å². The number of halogens is 3. The van der Waals surface area contributed by atoms with Gasteiger partial charge in [-0.25, -0.2) is 0 Å². The van der Waals surface area contributed by atoms with Crippen molar-refractivity contribution < 1.29 is 22.8 Å². The summed E-state index contributed by atoms with van der Waals surface area (Å²) in [4.78, 5) is 4.26. The highest BCUT2D eigenvalue weighted by atomic mass is 19.4. The quantitative estimate of drug-likeness (QED) is 0.701. The lowest BCUT2D eigenvalue weighted by Gasteiger charge is -2.29. The van der Waals surface area contributed by atoms with E-state index in [0.29, 0.717) is 5.69 Å². The zero-order chi connectivity index (χ0) is 20.3. The van der Waals surface area contributed by atoms with E-state index < -0.39 is 17.5 Å². The van der Waals surface area contributed by atoms with E-state index in [1.54, 1.807) is 4.68 Å². The Bertz CT molecular complexity index is 1050. The number of rotatable bonds is 2. The third-order valence-corrected chi connectivity index (χ3v) is 5.16. The van der Waals surface area contributed by atoms with Crippen molar-refractivity contribution in [1.82, 2.24) is 19.9 Å². The number of hydrogen-bond acceptors (Lipinski definition) is 5. The number of aromatic nitrogens is 4. The minimum absolute atomic E-state index is 0.0102. The Labute approximate surface area is 159 Å². The molecule has 1 N–H and O–H groups in total. The Balaban J connectivity index is 1.72. The van der Waals surface area contributed by atoms with E-state index in [-0.39, 0.29) is 22.7 Å². The Hall–Kier alpha value is -2.84. The number of nitrogens with zero attached hydrogens (tertiary/aromatic N) is 4. The predicted molar refractivity (Wildman–Crippen MR) is 94.4 cm³/mol. The normalized spacial score (nSPS) is 16.2. The van der Waals surface area contributed by atoms with Crippen molar-refractivity contribution >= 4 is 0 Å². The molecule has 9 heteroatoms. The van der Waals surface area contributed by atoms with Crippen LogP contribution in [0.4, 0.5) is 13.2 Å². The highest BCUT2D eigenvalue weighted by Crippen LogP contribution is 2.40. The fraction of sp³-hybridized carbons (Fsp3) is 0.421. The molecule has 2 aromatic heterocycles. The summed E-state index contributed by atoms with van der Waals surface area (Å²) in [7, 11) is 1.86. The second-order valence-electron chi connectivity index (χ2n) is 7.89. The molecule has 0 atom stereocenters. The number of phenols is 1. The van der Waals surface area contributed by atoms with E-state index in [9.17, 15) is 18.3 Å². The van der Waals surface area contributed by atoms with Crippen LogP contribution >= 0.6 is 0 Å². The second kappa shape index (κ2) is 6.08. The van der Waals surface area contributed by atoms with Gasteiger partial charge in [0.25, 0.3) is 5.89 Å². The molecule has 1 aliphatic rings. The van der Waals surface area contributed by atoms with Crippen LogP contribution in [0.3, 0.4) is 0 Å². The van der Waals surface area contributed by atoms with E-state index in [1.165, 1.54) is 6.07 Å². The van der Waals surface area contributed by atoms with Gasteiger partial charge in [-0.15, -0.1) is 0 Å². The van der Waals surface area contributed by atoms with Gasteiger partial charge >= 0.3 is 6.18 Å². The van der Waals surface area contributed by atoms with Crippen molar-refractivity contribution in [1.29, 1.82) is 0 Å². The van der Waals surface area contributed by atoms with Crippen molar-refractivity contribution in [3.05, 3.63) is 35.0 Å². The van der Waals surface area contributed by atoms with E-state index in [2.05, 4.69) is 29.1 Å². The Kier molecular flexibility index (Phi) is 4.02. The average molecular weight is 392 g/mol. The Morgan fingerprint density at radius 3 is 2.71 bits per heavy atom. The van der Waals surface area contributed by atoms with Crippen LogP contribution in [-0.2, 0) is 26.1 Å². The van der Waals surface area contributed by atoms with Crippen molar-refractivity contribution in [2.75, 3.05) is 0 Å². The summed E-state index contributed by atoms with van der Waals surface area (Å²) >= 11 is 0. The monoisotopic (exact) mass is 392 g/mol. The summed E-state index contributed by atoms with van der Waals surface area (Å²) in [5.74, 6) is -0.661. The molecular weight excluding hydrogens is 373 g/mol. The molecule has 0 amide bonds. The zero-order valence-electron chi connectivity index (χ0n) is 15.6. The number of phenolic OH excluding ortho intramolecular Hbond substituents is 1. The van der Waals surface area contributed by atoms with Gasteiger partial charge in [-0.2, -0.15) is 23.3 Å². The largest absolute Gasteiger partial charge is 0.507 e. The topological polar surface area (TPSA) is 77.0 Å². The first-order valence-electron chi connectivity index (χ1n) is 8.84. The van der Waals surface area contributed by atoms with Gasteiger partial charge in [0.15, 0.2) is 5.69 Å². The molecule has 2 heterocycles. The van der Waals surface area contributed by atoms with Gasteiger partial charge in [0.1, 0.15) is 5.75 Å². The van der Waals surface area contributed by atoms with Gasteiger partial charge in [-0.05, 0) is 42.9 Å². The van der Waals surface area contributed by atoms with Gasteiger partial charge < -0.3 is 9.63 Å². The molecule has 4 rings (SSSR count). The maximum Gasteiger partial charge on any atom is 0.419 e. The van der Waals surface area contributed by atoms with Crippen LogP contribution in [0.5, 0.6) is 5.75 Å². The Morgan fingerprint density at radius 2 is 2.00 bits per heavy atom. The molecule has 0 fully saturated rings. The van der Waals surface area contributed by atoms with Gasteiger partial charge in [0.2, 0.25) is 5.82 Å². The maximum absolute atomic E-state index is 13.0. The highest BCUT2D eigenvalue weighted by Gasteiger charge is 2.35. The molecule has 0 saturated heterocycles. The molecule has 148 valence electrons. The molecule has 3 aromatic rings. The summed E-state index contributed by atoms with van der Waals surface area (Å²) in [5, 5.41) is 17.8. The molecular formula is C19H19F3N4O2. The molecule has 1 aromatic carbocycles. The van der Waals surface area contributed by atoms with Crippen LogP contribution in [0, 0.1) is 5.41 Å². The van der Waals surface area contributed by atoms with Crippen LogP contribution in [-0.4, -0.2) is 25.0 Å². The van der Waals surface area contributed by atoms with E-state index in [4.69, 9.17) is 4.52 Å². The summed E-state index contributed by atoms with van der Waals surface area (Å²) in [6.45, 7) is 4.41. The molecule has 0 spiro atoms. The number of fused-ring (bicyclic) bond motifs is 1. The molecule has 1 aliphatic carbocycles. The number of benzene rings is 1. The minimum Gasteiger partial charge on any atom is -0.507 e. The van der Waals surface area contributed by atoms with Crippen molar-refractivity contribution in [3.63, 3.8) is 0 Å². The molecule has 0 radical (unpaired) electrons. The first kappa shape index (κ1) is 18.5. The molecule has 0 unspecified atom stereocenters. The molecule has 0 bridgehead atoms. The molecule has 28 heavy (non-hydrogen) atoms. The van der Waals surface area contributed by atoms with Crippen LogP contribution in [0.25, 0.3) is 23.0 Å². The van der Waals surface area contributed by atoms with E-state index in [1.807, 2.05) is 7.05 Å². The smallest absolute Gasteiger partial charge is 0.419 e. The third kappa shape index (κ3) is 3.14. The third-order valence-electron chi connectivity index (χ3n) is 5.16. The van der Waals surface area contributed by atoms with Gasteiger partial charge in [-0.1, -0.05) is 19.0 Å². The standard InChI is InChI=1S/C19H19F3N4O2/c1-18(2)7-6-11-13(9-18)26(3)24-15(11)17-23-16(25-28-17)10-4-5-14(27)12(8-10)19(20,21)22/h4-5,8,27H,6-7,9H2,1-3H3. The number of alkyl halides is 3. The summed E-state index contributed by atoms with van der Waals surface area (Å²) < 4.78 is 46.2. The van der Waals surface area contributed by atoms with Crippen LogP contribution in [0.1, 0.15) is 37.1 Å². The first-order valence-corrected chi connectivity index (χ1v) is 8.84. The van der Waals surface area contributed by atoms with E-state index in [0.717, 1.165) is 42.7 Å². The second-order valence-corrected chi connectivity index (χ2v) is 7.89. The summed E-state index contributed by atoms with van der Waals surface area (Å²) in [6, 6.07) is 3.09. The van der Waals surface area contributed by atoms with Gasteiger partial charge in [0, 0.05) is 23.9 Å². The lowest BCUT2D eigenvalue weighted by molar-refractivity contribution is -0.138.